The van der Waals surface area contributed by atoms with Gasteiger partial charge < -0.3 is 14.8 Å². The zero-order valence-electron chi connectivity index (χ0n) is 12.6. The van der Waals surface area contributed by atoms with Crippen molar-refractivity contribution < 1.29 is 27.4 Å². The largest absolute Gasteiger partial charge is 0.497 e. The first-order chi connectivity index (χ1) is 10.8. The Hall–Kier alpha value is -2.71. The molecule has 0 fully saturated rings. The monoisotopic (exact) mass is 329 g/mol. The van der Waals surface area contributed by atoms with E-state index in [-0.39, 0.29) is 11.4 Å². The number of hydrogen-bond donors (Lipinski definition) is 1. The van der Waals surface area contributed by atoms with Crippen molar-refractivity contribution in [2.75, 3.05) is 19.5 Å². The predicted molar refractivity (Wildman–Crippen MR) is 75.7 cm³/mol. The summed E-state index contributed by atoms with van der Waals surface area (Å²) in [6, 6.07) is 5.36. The molecule has 6 nitrogen and oxygen atoms in total. The maximum absolute atomic E-state index is 12.7. The molecule has 1 N–H and O–H groups in total. The number of hydrogen-bond acceptors (Lipinski definition) is 4. The van der Waals surface area contributed by atoms with E-state index in [4.69, 9.17) is 9.47 Å². The van der Waals surface area contributed by atoms with E-state index in [2.05, 4.69) is 10.4 Å². The number of carbonyl (C=O) groups excluding carboxylic acids is 1. The standard InChI is InChI=1S/C14H14F3N3O3/c1-20-12(14(15,16)17)7-10(19-20)13(21)18-9-6-8(22-2)4-5-11(9)23-3/h4-7H,1-3H3,(H,18,21). The highest BCUT2D eigenvalue weighted by Crippen LogP contribution is 2.31. The van der Waals surface area contributed by atoms with Crippen LogP contribution in [-0.4, -0.2) is 29.9 Å². The molecule has 23 heavy (non-hydrogen) atoms. The molecule has 0 aliphatic carbocycles. The molecular formula is C14H14F3N3O3. The lowest BCUT2D eigenvalue weighted by atomic mass is 10.2. The number of benzene rings is 1. The third-order valence-electron chi connectivity index (χ3n) is 3.06. The van der Waals surface area contributed by atoms with Crippen LogP contribution in [0.4, 0.5) is 18.9 Å². The second kappa shape index (κ2) is 6.19. The third kappa shape index (κ3) is 3.55. The SMILES string of the molecule is COc1ccc(OC)c(NC(=O)c2cc(C(F)(F)F)n(C)n2)c1. The van der Waals surface area contributed by atoms with Crippen LogP contribution in [0.15, 0.2) is 24.3 Å². The highest BCUT2D eigenvalue weighted by atomic mass is 19.4. The number of amides is 1. The van der Waals surface area contributed by atoms with Crippen molar-refractivity contribution in [3.63, 3.8) is 0 Å². The van der Waals surface area contributed by atoms with Gasteiger partial charge in [0.05, 0.1) is 19.9 Å². The van der Waals surface area contributed by atoms with Gasteiger partial charge in [-0.3, -0.25) is 9.48 Å². The topological polar surface area (TPSA) is 65.4 Å². The van der Waals surface area contributed by atoms with Gasteiger partial charge in [-0.25, -0.2) is 0 Å². The van der Waals surface area contributed by atoms with Crippen molar-refractivity contribution in [2.45, 2.75) is 6.18 Å². The van der Waals surface area contributed by atoms with Gasteiger partial charge in [-0.1, -0.05) is 0 Å². The van der Waals surface area contributed by atoms with Gasteiger partial charge in [0.25, 0.3) is 5.91 Å². The second-order valence-electron chi connectivity index (χ2n) is 4.56. The van der Waals surface area contributed by atoms with Crippen molar-refractivity contribution in [3.8, 4) is 11.5 Å². The number of halogens is 3. The number of nitrogens with zero attached hydrogens (tertiary/aromatic N) is 2. The van der Waals surface area contributed by atoms with Crippen LogP contribution in [-0.2, 0) is 13.2 Å². The Morgan fingerprint density at radius 3 is 2.43 bits per heavy atom. The van der Waals surface area contributed by atoms with Gasteiger partial charge in [-0.2, -0.15) is 18.3 Å². The first-order valence-corrected chi connectivity index (χ1v) is 6.41. The average Bonchev–Trinajstić information content (AvgIpc) is 2.89. The summed E-state index contributed by atoms with van der Waals surface area (Å²) in [4.78, 5) is 12.1. The number of methoxy groups -OCH3 is 2. The summed E-state index contributed by atoms with van der Waals surface area (Å²) in [5.74, 6) is 0.00637. The van der Waals surface area contributed by atoms with Crippen LogP contribution in [0.2, 0.25) is 0 Å². The van der Waals surface area contributed by atoms with E-state index in [1.807, 2.05) is 0 Å². The minimum Gasteiger partial charge on any atom is -0.497 e. The lowest BCUT2D eigenvalue weighted by Gasteiger charge is -2.10. The Kier molecular flexibility index (Phi) is 4.48. The van der Waals surface area contributed by atoms with Gasteiger partial charge in [0.15, 0.2) is 5.69 Å². The molecule has 0 saturated heterocycles. The van der Waals surface area contributed by atoms with E-state index in [1.54, 1.807) is 12.1 Å². The molecule has 0 atom stereocenters. The fraction of sp³-hybridized carbons (Fsp3) is 0.286. The number of carbonyl (C=O) groups is 1. The number of ether oxygens (including phenoxy) is 2. The Bertz CT molecular complexity index is 726. The molecule has 0 bridgehead atoms. The maximum Gasteiger partial charge on any atom is 0.433 e. The molecule has 0 aliphatic rings. The number of anilines is 1. The van der Waals surface area contributed by atoms with Crippen LogP contribution in [0.25, 0.3) is 0 Å². The first kappa shape index (κ1) is 16.7. The number of aryl methyl sites for hydroxylation is 1. The number of aromatic nitrogens is 2. The Morgan fingerprint density at radius 1 is 1.22 bits per heavy atom. The smallest absolute Gasteiger partial charge is 0.433 e. The number of rotatable bonds is 4. The van der Waals surface area contributed by atoms with Crippen molar-refractivity contribution in [3.05, 3.63) is 35.7 Å². The van der Waals surface area contributed by atoms with Crippen molar-refractivity contribution in [1.82, 2.24) is 9.78 Å². The minimum absolute atomic E-state index is 0.260. The van der Waals surface area contributed by atoms with E-state index in [0.29, 0.717) is 22.2 Å². The summed E-state index contributed by atoms with van der Waals surface area (Å²) in [5, 5.41) is 6.04. The molecule has 1 aromatic carbocycles. The minimum atomic E-state index is -4.59. The normalized spacial score (nSPS) is 11.2. The molecule has 0 aliphatic heterocycles. The molecule has 0 radical (unpaired) electrons. The first-order valence-electron chi connectivity index (χ1n) is 6.41. The molecular weight excluding hydrogens is 315 g/mol. The van der Waals surface area contributed by atoms with Gasteiger partial charge in [0, 0.05) is 19.2 Å². The van der Waals surface area contributed by atoms with E-state index < -0.39 is 17.8 Å². The molecule has 124 valence electrons. The summed E-state index contributed by atoms with van der Waals surface area (Å²) < 4.78 is 49.0. The van der Waals surface area contributed by atoms with E-state index in [0.717, 1.165) is 7.05 Å². The number of alkyl halides is 3. The second-order valence-corrected chi connectivity index (χ2v) is 4.56. The van der Waals surface area contributed by atoms with Crippen molar-refractivity contribution in [2.24, 2.45) is 7.05 Å². The zero-order valence-corrected chi connectivity index (χ0v) is 12.6. The maximum atomic E-state index is 12.7. The fourth-order valence-electron chi connectivity index (χ4n) is 1.94. The molecule has 0 unspecified atom stereocenters. The van der Waals surface area contributed by atoms with E-state index >= 15 is 0 Å². The fourth-order valence-corrected chi connectivity index (χ4v) is 1.94. The van der Waals surface area contributed by atoms with Gasteiger partial charge >= 0.3 is 6.18 Å². The molecule has 2 aromatic rings. The summed E-state index contributed by atoms with van der Waals surface area (Å²) in [7, 11) is 3.97. The lowest BCUT2D eigenvalue weighted by Crippen LogP contribution is -2.14. The predicted octanol–water partition coefficient (Wildman–Crippen LogP) is 2.71. The molecule has 1 amide bonds. The van der Waals surface area contributed by atoms with Crippen LogP contribution >= 0.6 is 0 Å². The summed E-state index contributed by atoms with van der Waals surface area (Å²) >= 11 is 0. The van der Waals surface area contributed by atoms with Gasteiger partial charge in [0.1, 0.15) is 17.2 Å². The number of nitrogens with one attached hydrogen (secondary N) is 1. The van der Waals surface area contributed by atoms with Gasteiger partial charge in [-0.15, -0.1) is 0 Å². The van der Waals surface area contributed by atoms with Crippen LogP contribution in [0.5, 0.6) is 11.5 Å². The van der Waals surface area contributed by atoms with Crippen molar-refractivity contribution >= 4 is 11.6 Å². The molecule has 1 aromatic heterocycles. The Labute approximate surface area is 129 Å². The summed E-state index contributed by atoms with van der Waals surface area (Å²) in [6.45, 7) is 0. The van der Waals surface area contributed by atoms with Crippen LogP contribution in [0.1, 0.15) is 16.2 Å². The summed E-state index contributed by atoms with van der Waals surface area (Å²) in [5.41, 5.74) is -1.11. The van der Waals surface area contributed by atoms with Crippen LogP contribution in [0.3, 0.4) is 0 Å². The highest BCUT2D eigenvalue weighted by Gasteiger charge is 2.35. The van der Waals surface area contributed by atoms with E-state index in [1.165, 1.54) is 20.3 Å². The van der Waals surface area contributed by atoms with Gasteiger partial charge in [0.2, 0.25) is 0 Å². The lowest BCUT2D eigenvalue weighted by molar-refractivity contribution is -0.143. The molecule has 0 saturated carbocycles. The third-order valence-corrected chi connectivity index (χ3v) is 3.06. The Balaban J connectivity index is 2.29. The molecule has 0 spiro atoms. The quantitative estimate of drug-likeness (QED) is 0.937. The van der Waals surface area contributed by atoms with Crippen molar-refractivity contribution in [1.29, 1.82) is 0 Å². The average molecular weight is 329 g/mol. The Morgan fingerprint density at radius 2 is 1.91 bits per heavy atom. The molecule has 2 rings (SSSR count). The van der Waals surface area contributed by atoms with Crippen LogP contribution in [0, 0.1) is 0 Å². The van der Waals surface area contributed by atoms with E-state index in [9.17, 15) is 18.0 Å². The van der Waals surface area contributed by atoms with Gasteiger partial charge in [-0.05, 0) is 12.1 Å². The van der Waals surface area contributed by atoms with Crippen LogP contribution < -0.4 is 14.8 Å². The molecule has 9 heteroatoms. The molecule has 1 heterocycles. The highest BCUT2D eigenvalue weighted by molar-refractivity contribution is 6.03. The zero-order chi connectivity index (χ0) is 17.2. The summed E-state index contributed by atoms with van der Waals surface area (Å²) in [6.07, 6.45) is -4.59.